The van der Waals surface area contributed by atoms with Crippen molar-refractivity contribution in [3.8, 4) is 0 Å². The Morgan fingerprint density at radius 3 is 2.56 bits per heavy atom. The molecule has 4 rings (SSSR count). The SMILES string of the molecule is C[C@H]1CN(c2ccc(C(F)(F)F)cc2)C(=O)c2c(CC(=O)C3=NCC([N+](=O)[O-])=C3)cnn21. The van der Waals surface area contributed by atoms with Gasteiger partial charge in [-0.05, 0) is 31.2 Å². The number of aliphatic imine (C=N–C) groups is 1. The Morgan fingerprint density at radius 1 is 1.28 bits per heavy atom. The minimum atomic E-state index is -4.49. The van der Waals surface area contributed by atoms with E-state index in [0.29, 0.717) is 11.3 Å². The number of halogens is 3. The molecule has 0 saturated heterocycles. The Labute approximate surface area is 179 Å². The first kappa shape index (κ1) is 21.4. The monoisotopic (exact) mass is 447 g/mol. The van der Waals surface area contributed by atoms with E-state index in [4.69, 9.17) is 0 Å². The quantitative estimate of drug-likeness (QED) is 0.517. The maximum atomic E-state index is 13.2. The molecule has 0 saturated carbocycles. The molecule has 166 valence electrons. The van der Waals surface area contributed by atoms with E-state index in [1.54, 1.807) is 6.92 Å². The van der Waals surface area contributed by atoms with Gasteiger partial charge < -0.3 is 4.90 Å². The van der Waals surface area contributed by atoms with Crippen LogP contribution >= 0.6 is 0 Å². The van der Waals surface area contributed by atoms with Gasteiger partial charge in [-0.1, -0.05) is 0 Å². The van der Waals surface area contributed by atoms with Crippen molar-refractivity contribution < 1.29 is 27.7 Å². The summed E-state index contributed by atoms with van der Waals surface area (Å²) in [5, 5.41) is 15.0. The fourth-order valence-electron chi connectivity index (χ4n) is 3.66. The van der Waals surface area contributed by atoms with Crippen LogP contribution in [-0.4, -0.2) is 45.2 Å². The standard InChI is InChI=1S/C20H16F3N5O4/c1-11-10-26(14-4-2-13(3-5-14)20(21,22)23)19(30)18-12(8-25-27(11)18)6-17(29)16-7-15(9-24-16)28(31)32/h2-5,7-8,11H,6,9-10H2,1H3/t11-/m0/s1. The summed E-state index contributed by atoms with van der Waals surface area (Å²) >= 11 is 0. The normalized spacial score (nSPS) is 18.3. The van der Waals surface area contributed by atoms with Crippen molar-refractivity contribution >= 4 is 23.1 Å². The molecule has 0 unspecified atom stereocenters. The van der Waals surface area contributed by atoms with Crippen LogP contribution in [0.15, 0.2) is 47.2 Å². The molecular weight excluding hydrogens is 431 g/mol. The zero-order valence-corrected chi connectivity index (χ0v) is 16.7. The van der Waals surface area contributed by atoms with Crippen molar-refractivity contribution in [2.45, 2.75) is 25.6 Å². The van der Waals surface area contributed by atoms with Gasteiger partial charge in [0, 0.05) is 30.3 Å². The van der Waals surface area contributed by atoms with Gasteiger partial charge in [-0.2, -0.15) is 18.3 Å². The molecule has 0 bridgehead atoms. The lowest BCUT2D eigenvalue weighted by Gasteiger charge is -2.32. The highest BCUT2D eigenvalue weighted by Gasteiger charge is 2.35. The number of hydrogen-bond donors (Lipinski definition) is 0. The van der Waals surface area contributed by atoms with Gasteiger partial charge in [0.25, 0.3) is 11.6 Å². The highest BCUT2D eigenvalue weighted by atomic mass is 19.4. The number of rotatable bonds is 5. The second kappa shape index (κ2) is 7.70. The number of amides is 1. The molecule has 1 aromatic carbocycles. The Kier molecular flexibility index (Phi) is 5.15. The number of Topliss-reactive ketones (excluding diaryl/α,β-unsaturated/α-hetero) is 1. The van der Waals surface area contributed by atoms with Crippen LogP contribution in [0.3, 0.4) is 0 Å². The Balaban J connectivity index is 1.60. The van der Waals surface area contributed by atoms with Crippen LogP contribution in [0.4, 0.5) is 18.9 Å². The first-order valence-electron chi connectivity index (χ1n) is 9.54. The molecule has 2 aromatic rings. The molecule has 2 aliphatic heterocycles. The van der Waals surface area contributed by atoms with Crippen LogP contribution < -0.4 is 4.90 Å². The molecule has 32 heavy (non-hydrogen) atoms. The van der Waals surface area contributed by atoms with Crippen molar-refractivity contribution in [2.75, 3.05) is 18.0 Å². The lowest BCUT2D eigenvalue weighted by atomic mass is 10.0. The van der Waals surface area contributed by atoms with Gasteiger partial charge in [-0.3, -0.25) is 29.4 Å². The summed E-state index contributed by atoms with van der Waals surface area (Å²) in [4.78, 5) is 41.2. The fraction of sp³-hybridized carbons (Fsp3) is 0.300. The summed E-state index contributed by atoms with van der Waals surface area (Å²) in [7, 11) is 0. The number of allylic oxidation sites excluding steroid dienone is 1. The number of anilines is 1. The van der Waals surface area contributed by atoms with E-state index in [9.17, 15) is 32.9 Å². The van der Waals surface area contributed by atoms with E-state index < -0.39 is 28.4 Å². The van der Waals surface area contributed by atoms with Crippen LogP contribution in [0.1, 0.15) is 34.6 Å². The fourth-order valence-corrected chi connectivity index (χ4v) is 3.66. The second-order valence-corrected chi connectivity index (χ2v) is 7.47. The zero-order valence-electron chi connectivity index (χ0n) is 16.7. The van der Waals surface area contributed by atoms with E-state index in [1.165, 1.54) is 27.9 Å². The lowest BCUT2D eigenvalue weighted by molar-refractivity contribution is -0.424. The molecule has 0 spiro atoms. The maximum Gasteiger partial charge on any atom is 0.416 e. The van der Waals surface area contributed by atoms with Crippen molar-refractivity contribution in [3.63, 3.8) is 0 Å². The first-order valence-corrected chi connectivity index (χ1v) is 9.54. The zero-order chi connectivity index (χ0) is 23.2. The number of carbonyl (C=O) groups is 2. The van der Waals surface area contributed by atoms with Crippen LogP contribution in [-0.2, 0) is 17.4 Å². The van der Waals surface area contributed by atoms with E-state index >= 15 is 0 Å². The van der Waals surface area contributed by atoms with Gasteiger partial charge in [0.15, 0.2) is 5.78 Å². The second-order valence-electron chi connectivity index (χ2n) is 7.47. The van der Waals surface area contributed by atoms with Crippen LogP contribution in [0, 0.1) is 10.1 Å². The number of fused-ring (bicyclic) bond motifs is 1. The summed E-state index contributed by atoms with van der Waals surface area (Å²) in [6.45, 7) is 1.78. The van der Waals surface area contributed by atoms with Gasteiger partial charge in [-0.15, -0.1) is 0 Å². The van der Waals surface area contributed by atoms with Gasteiger partial charge in [0.2, 0.25) is 0 Å². The van der Waals surface area contributed by atoms with Crippen LogP contribution in [0.2, 0.25) is 0 Å². The number of ketones is 1. The van der Waals surface area contributed by atoms with E-state index in [2.05, 4.69) is 10.1 Å². The molecule has 1 amide bonds. The number of nitro groups is 1. The Hall–Kier alpha value is -3.83. The molecule has 1 aromatic heterocycles. The minimum absolute atomic E-state index is 0.0486. The Bertz CT molecular complexity index is 1180. The van der Waals surface area contributed by atoms with E-state index in [-0.39, 0.29) is 42.7 Å². The number of alkyl halides is 3. The van der Waals surface area contributed by atoms with Crippen LogP contribution in [0.5, 0.6) is 0 Å². The predicted octanol–water partition coefficient (Wildman–Crippen LogP) is 2.85. The minimum Gasteiger partial charge on any atom is -0.305 e. The first-order chi connectivity index (χ1) is 15.1. The third-order valence-corrected chi connectivity index (χ3v) is 5.28. The molecule has 0 radical (unpaired) electrons. The summed E-state index contributed by atoms with van der Waals surface area (Å²) in [6, 6.07) is 3.96. The molecule has 12 heteroatoms. The highest BCUT2D eigenvalue weighted by molar-refractivity contribution is 6.45. The van der Waals surface area contributed by atoms with Crippen LogP contribution in [0.25, 0.3) is 0 Å². The van der Waals surface area contributed by atoms with Gasteiger partial charge in [0.1, 0.15) is 18.0 Å². The van der Waals surface area contributed by atoms with Gasteiger partial charge in [0.05, 0.1) is 22.7 Å². The lowest BCUT2D eigenvalue weighted by Crippen LogP contribution is -2.43. The van der Waals surface area contributed by atoms with E-state index in [1.807, 2.05) is 0 Å². The number of benzene rings is 1. The van der Waals surface area contributed by atoms with Crippen molar-refractivity contribution in [3.05, 3.63) is 69.2 Å². The smallest absolute Gasteiger partial charge is 0.305 e. The summed E-state index contributed by atoms with van der Waals surface area (Å²) in [5.74, 6) is -0.997. The summed E-state index contributed by atoms with van der Waals surface area (Å²) in [5.41, 5.74) is -0.313. The molecular formula is C20H16F3N5O4. The summed E-state index contributed by atoms with van der Waals surface area (Å²) in [6.07, 6.45) is -2.24. The molecule has 3 heterocycles. The molecule has 2 aliphatic rings. The Morgan fingerprint density at radius 2 is 1.97 bits per heavy atom. The van der Waals surface area contributed by atoms with E-state index in [0.717, 1.165) is 18.2 Å². The number of aromatic nitrogens is 2. The third kappa shape index (κ3) is 3.79. The third-order valence-electron chi connectivity index (χ3n) is 5.28. The van der Waals surface area contributed by atoms with Crippen molar-refractivity contribution in [1.29, 1.82) is 0 Å². The molecule has 0 fully saturated rings. The number of carbonyl (C=O) groups excluding carboxylic acids is 2. The molecule has 1 atom stereocenters. The topological polar surface area (TPSA) is 111 Å². The average Bonchev–Trinajstić information content (AvgIpc) is 3.38. The number of hydrogen-bond acceptors (Lipinski definition) is 6. The molecule has 9 nitrogen and oxygen atoms in total. The average molecular weight is 447 g/mol. The molecule has 0 aliphatic carbocycles. The highest BCUT2D eigenvalue weighted by Crippen LogP contribution is 2.33. The summed E-state index contributed by atoms with van der Waals surface area (Å²) < 4.78 is 40.0. The largest absolute Gasteiger partial charge is 0.416 e. The molecule has 0 N–H and O–H groups in total. The maximum absolute atomic E-state index is 13.2. The number of nitrogens with zero attached hydrogens (tertiary/aromatic N) is 5. The van der Waals surface area contributed by atoms with Gasteiger partial charge >= 0.3 is 6.18 Å². The predicted molar refractivity (Wildman–Crippen MR) is 106 cm³/mol. The van der Waals surface area contributed by atoms with Crippen molar-refractivity contribution in [1.82, 2.24) is 9.78 Å². The van der Waals surface area contributed by atoms with Gasteiger partial charge in [-0.25, -0.2) is 0 Å². The van der Waals surface area contributed by atoms with Crippen molar-refractivity contribution in [2.24, 2.45) is 4.99 Å².